The molecule has 2 aromatic carbocycles. The van der Waals surface area contributed by atoms with Crippen LogP contribution in [0.1, 0.15) is 32.7 Å². The van der Waals surface area contributed by atoms with Gasteiger partial charge in [0.25, 0.3) is 5.91 Å². The lowest BCUT2D eigenvalue weighted by Gasteiger charge is -2.31. The van der Waals surface area contributed by atoms with E-state index in [9.17, 15) is 22.8 Å². The maximum absolute atomic E-state index is 13.4. The molecule has 3 aromatic rings. The van der Waals surface area contributed by atoms with Crippen molar-refractivity contribution >= 4 is 17.5 Å². The van der Waals surface area contributed by atoms with Crippen LogP contribution in [0.2, 0.25) is 0 Å². The first-order chi connectivity index (χ1) is 18.6. The summed E-state index contributed by atoms with van der Waals surface area (Å²) < 4.78 is 46.0. The summed E-state index contributed by atoms with van der Waals surface area (Å²) in [5.41, 5.74) is 2.06. The molecule has 0 unspecified atom stereocenters. The Hall–Kier alpha value is -4.12. The average Bonchev–Trinajstić information content (AvgIpc) is 2.93. The third kappa shape index (κ3) is 7.26. The van der Waals surface area contributed by atoms with Crippen LogP contribution in [0.5, 0.6) is 11.5 Å². The number of ether oxygens (including phenoxy) is 1. The van der Waals surface area contributed by atoms with Crippen molar-refractivity contribution in [2.24, 2.45) is 0 Å². The largest absolute Gasteiger partial charge is 0.457 e. The zero-order chi connectivity index (χ0) is 28.0. The molecule has 0 aliphatic carbocycles. The number of aromatic nitrogens is 1. The highest BCUT2D eigenvalue weighted by Crippen LogP contribution is 2.33. The van der Waals surface area contributed by atoms with E-state index in [0.29, 0.717) is 35.8 Å². The topological polar surface area (TPSA) is 95.6 Å². The van der Waals surface area contributed by atoms with Gasteiger partial charge >= 0.3 is 6.18 Å². The Kier molecular flexibility index (Phi) is 8.70. The van der Waals surface area contributed by atoms with Crippen LogP contribution in [0.15, 0.2) is 54.7 Å². The Morgan fingerprint density at radius 3 is 2.54 bits per heavy atom. The van der Waals surface area contributed by atoms with E-state index in [1.165, 1.54) is 25.4 Å². The molecule has 11 heteroatoms. The second-order valence-electron chi connectivity index (χ2n) is 9.19. The van der Waals surface area contributed by atoms with Crippen molar-refractivity contribution in [2.45, 2.75) is 26.1 Å². The Labute approximate surface area is 224 Å². The molecule has 1 aliphatic heterocycles. The monoisotopic (exact) mass is 541 g/mol. The van der Waals surface area contributed by atoms with Crippen LogP contribution in [-0.2, 0) is 23.9 Å². The van der Waals surface area contributed by atoms with Crippen molar-refractivity contribution in [3.63, 3.8) is 0 Å². The minimum atomic E-state index is -4.49. The Morgan fingerprint density at radius 2 is 1.85 bits per heavy atom. The molecule has 2 heterocycles. The van der Waals surface area contributed by atoms with Gasteiger partial charge in [-0.3, -0.25) is 14.6 Å². The highest BCUT2D eigenvalue weighted by Gasteiger charge is 2.31. The fraction of sp³-hybridized carbons (Fsp3) is 0.321. The minimum absolute atomic E-state index is 0.168. The van der Waals surface area contributed by atoms with Crippen LogP contribution in [0, 0.1) is 6.92 Å². The van der Waals surface area contributed by atoms with Crippen LogP contribution in [0.3, 0.4) is 0 Å². The van der Waals surface area contributed by atoms with Gasteiger partial charge in [-0.15, -0.1) is 0 Å². The van der Waals surface area contributed by atoms with Gasteiger partial charge < -0.3 is 25.6 Å². The first kappa shape index (κ1) is 27.9. The van der Waals surface area contributed by atoms with Gasteiger partial charge in [0, 0.05) is 57.7 Å². The van der Waals surface area contributed by atoms with E-state index in [0.717, 1.165) is 36.3 Å². The molecule has 206 valence electrons. The maximum Gasteiger partial charge on any atom is 0.416 e. The van der Waals surface area contributed by atoms with Gasteiger partial charge in [0.15, 0.2) is 0 Å². The molecule has 4 rings (SSSR count). The van der Waals surface area contributed by atoms with E-state index >= 15 is 0 Å². The summed E-state index contributed by atoms with van der Waals surface area (Å²) in [6, 6.07) is 12.2. The molecule has 39 heavy (non-hydrogen) atoms. The van der Waals surface area contributed by atoms with Gasteiger partial charge in [-0.25, -0.2) is 0 Å². The standard InChI is InChI=1S/C28H30F3N5O3/c1-18-13-19(3-6-25(18)39-22-7-8-34-23(16-22)27(38)32-2)17-35-26(37)15-20-14-21(28(29,30)31)4-5-24(20)36-11-9-33-10-12-36/h3-8,13-14,16,33H,9-12,15,17H2,1-2H3,(H,32,38)(H,35,37). The van der Waals surface area contributed by atoms with E-state index in [1.54, 1.807) is 18.2 Å². The number of hydrogen-bond donors (Lipinski definition) is 3. The number of alkyl halides is 3. The first-order valence-electron chi connectivity index (χ1n) is 12.5. The summed E-state index contributed by atoms with van der Waals surface area (Å²) in [6.07, 6.45) is -3.18. The second-order valence-corrected chi connectivity index (χ2v) is 9.19. The van der Waals surface area contributed by atoms with E-state index in [2.05, 4.69) is 20.9 Å². The quantitative estimate of drug-likeness (QED) is 0.401. The number of benzene rings is 2. The predicted molar refractivity (Wildman–Crippen MR) is 141 cm³/mol. The normalized spacial score (nSPS) is 13.6. The molecule has 1 fully saturated rings. The highest BCUT2D eigenvalue weighted by molar-refractivity contribution is 5.92. The van der Waals surface area contributed by atoms with Gasteiger partial charge in [0.1, 0.15) is 17.2 Å². The summed E-state index contributed by atoms with van der Waals surface area (Å²) in [7, 11) is 1.52. The van der Waals surface area contributed by atoms with Crippen molar-refractivity contribution in [3.05, 3.63) is 82.7 Å². The van der Waals surface area contributed by atoms with E-state index < -0.39 is 11.7 Å². The fourth-order valence-corrected chi connectivity index (χ4v) is 4.34. The summed E-state index contributed by atoms with van der Waals surface area (Å²) in [6.45, 7) is 4.81. The van der Waals surface area contributed by atoms with Crippen LogP contribution in [0.25, 0.3) is 0 Å². The smallest absolute Gasteiger partial charge is 0.416 e. The number of anilines is 1. The van der Waals surface area contributed by atoms with Crippen molar-refractivity contribution in [3.8, 4) is 11.5 Å². The molecule has 0 saturated carbocycles. The third-order valence-corrected chi connectivity index (χ3v) is 6.36. The number of halogens is 3. The van der Waals surface area contributed by atoms with E-state index in [4.69, 9.17) is 4.74 Å². The van der Waals surface area contributed by atoms with Gasteiger partial charge in [0.2, 0.25) is 5.91 Å². The SMILES string of the molecule is CNC(=O)c1cc(Oc2ccc(CNC(=O)Cc3cc(C(F)(F)F)ccc3N3CCNCC3)cc2C)ccn1. The van der Waals surface area contributed by atoms with Crippen molar-refractivity contribution < 1.29 is 27.5 Å². The van der Waals surface area contributed by atoms with Gasteiger partial charge in [-0.05, 0) is 53.9 Å². The van der Waals surface area contributed by atoms with E-state index in [-0.39, 0.29) is 30.5 Å². The number of amides is 2. The van der Waals surface area contributed by atoms with Gasteiger partial charge in [-0.1, -0.05) is 12.1 Å². The third-order valence-electron chi connectivity index (χ3n) is 6.36. The van der Waals surface area contributed by atoms with E-state index in [1.807, 2.05) is 17.9 Å². The van der Waals surface area contributed by atoms with Crippen LogP contribution >= 0.6 is 0 Å². The van der Waals surface area contributed by atoms with Crippen LogP contribution < -0.4 is 25.6 Å². The van der Waals surface area contributed by atoms with Crippen molar-refractivity contribution in [1.82, 2.24) is 20.9 Å². The first-order valence-corrected chi connectivity index (χ1v) is 12.5. The van der Waals surface area contributed by atoms with Crippen molar-refractivity contribution in [2.75, 3.05) is 38.1 Å². The summed E-state index contributed by atoms with van der Waals surface area (Å²) in [5.74, 6) is 0.327. The zero-order valence-corrected chi connectivity index (χ0v) is 21.7. The van der Waals surface area contributed by atoms with Crippen LogP contribution in [-0.4, -0.2) is 50.0 Å². The van der Waals surface area contributed by atoms with Gasteiger partial charge in [0.05, 0.1) is 12.0 Å². The van der Waals surface area contributed by atoms with Gasteiger partial charge in [-0.2, -0.15) is 13.2 Å². The lowest BCUT2D eigenvalue weighted by molar-refractivity contribution is -0.137. The van der Waals surface area contributed by atoms with Crippen LogP contribution in [0.4, 0.5) is 18.9 Å². The molecule has 1 aliphatic rings. The Balaban J connectivity index is 1.42. The molecule has 2 amide bonds. The number of rotatable bonds is 8. The predicted octanol–water partition coefficient (Wildman–Crippen LogP) is 3.83. The number of aryl methyl sites for hydroxylation is 1. The molecule has 0 radical (unpaired) electrons. The Bertz CT molecular complexity index is 1340. The number of carbonyl (C=O) groups excluding carboxylic acids is 2. The highest BCUT2D eigenvalue weighted by atomic mass is 19.4. The zero-order valence-electron chi connectivity index (χ0n) is 21.7. The molecule has 0 spiro atoms. The molecule has 0 bridgehead atoms. The molecular formula is C28H30F3N5O3. The summed E-state index contributed by atoms with van der Waals surface area (Å²) in [5, 5.41) is 8.55. The lowest BCUT2D eigenvalue weighted by atomic mass is 10.0. The maximum atomic E-state index is 13.4. The molecule has 3 N–H and O–H groups in total. The molecular weight excluding hydrogens is 511 g/mol. The number of pyridine rings is 1. The molecule has 1 saturated heterocycles. The lowest BCUT2D eigenvalue weighted by Crippen LogP contribution is -2.44. The second kappa shape index (κ2) is 12.2. The summed E-state index contributed by atoms with van der Waals surface area (Å²) >= 11 is 0. The van der Waals surface area contributed by atoms with Crippen molar-refractivity contribution in [1.29, 1.82) is 0 Å². The Morgan fingerprint density at radius 1 is 1.08 bits per heavy atom. The number of nitrogens with zero attached hydrogens (tertiary/aromatic N) is 2. The number of nitrogens with one attached hydrogen (secondary N) is 3. The molecule has 8 nitrogen and oxygen atoms in total. The fourth-order valence-electron chi connectivity index (χ4n) is 4.34. The number of carbonyl (C=O) groups is 2. The average molecular weight is 542 g/mol. The minimum Gasteiger partial charge on any atom is -0.457 e. The summed E-state index contributed by atoms with van der Waals surface area (Å²) in [4.78, 5) is 30.6. The number of hydrogen-bond acceptors (Lipinski definition) is 6. The molecule has 1 aromatic heterocycles. The number of piperazine rings is 1. The molecule has 0 atom stereocenters.